The summed E-state index contributed by atoms with van der Waals surface area (Å²) in [5, 5.41) is 5.55. The van der Waals surface area contributed by atoms with Gasteiger partial charge in [-0.2, -0.15) is 0 Å². The molecule has 0 aliphatic carbocycles. The van der Waals surface area contributed by atoms with Gasteiger partial charge in [0.25, 0.3) is 0 Å². The lowest BCUT2D eigenvalue weighted by Gasteiger charge is -2.12. The first kappa shape index (κ1) is 17.7. The van der Waals surface area contributed by atoms with Crippen LogP contribution >= 0.6 is 0 Å². The number of hydrogen-bond donors (Lipinski definition) is 3. The number of ether oxygens (including phenoxy) is 1. The Morgan fingerprint density at radius 2 is 1.91 bits per heavy atom. The molecule has 0 aromatic heterocycles. The zero-order valence-electron chi connectivity index (χ0n) is 13.2. The van der Waals surface area contributed by atoms with Crippen molar-refractivity contribution in [3.8, 4) is 0 Å². The lowest BCUT2D eigenvalue weighted by atomic mass is 10.1. The Kier molecular flexibility index (Phi) is 6.37. The zero-order valence-corrected chi connectivity index (χ0v) is 14.0. The number of carbonyl (C=O) groups excluding carboxylic acids is 1. The van der Waals surface area contributed by atoms with E-state index in [0.29, 0.717) is 18.7 Å². The topological polar surface area (TPSA) is 96.5 Å². The number of carbonyl (C=O) groups is 1. The molecule has 1 saturated heterocycles. The molecule has 7 nitrogen and oxygen atoms in total. The van der Waals surface area contributed by atoms with Crippen LogP contribution in [0.1, 0.15) is 24.0 Å². The van der Waals surface area contributed by atoms with Gasteiger partial charge in [0, 0.05) is 19.7 Å². The van der Waals surface area contributed by atoms with Crippen molar-refractivity contribution in [2.75, 3.05) is 20.2 Å². The summed E-state index contributed by atoms with van der Waals surface area (Å²) in [5.74, 6) is -0.0565. The van der Waals surface area contributed by atoms with Crippen LogP contribution in [0.25, 0.3) is 0 Å². The SMILES string of the molecule is CNS(=O)(=O)Cc1ccc(CNC(=O)NCC2CCCO2)cc1. The standard InChI is InChI=1S/C15H23N3O4S/c1-16-23(20,21)11-13-6-4-12(5-7-13)9-17-15(19)18-10-14-3-2-8-22-14/h4-7,14,16H,2-3,8-11H2,1H3,(H2,17,18,19). The molecule has 23 heavy (non-hydrogen) atoms. The Morgan fingerprint density at radius 1 is 1.22 bits per heavy atom. The van der Waals surface area contributed by atoms with Crippen molar-refractivity contribution in [1.29, 1.82) is 0 Å². The predicted molar refractivity (Wildman–Crippen MR) is 87.3 cm³/mol. The summed E-state index contributed by atoms with van der Waals surface area (Å²) in [6.45, 7) is 1.67. The molecule has 0 bridgehead atoms. The molecule has 0 spiro atoms. The lowest BCUT2D eigenvalue weighted by molar-refractivity contribution is 0.111. The highest BCUT2D eigenvalue weighted by Gasteiger charge is 2.15. The van der Waals surface area contributed by atoms with E-state index in [1.807, 2.05) is 0 Å². The number of nitrogens with one attached hydrogen (secondary N) is 3. The van der Waals surface area contributed by atoms with E-state index in [2.05, 4.69) is 15.4 Å². The minimum absolute atomic E-state index is 0.0565. The molecule has 0 saturated carbocycles. The third-order valence-corrected chi connectivity index (χ3v) is 4.99. The molecule has 1 unspecified atom stereocenters. The second kappa shape index (κ2) is 8.28. The highest BCUT2D eigenvalue weighted by molar-refractivity contribution is 7.88. The van der Waals surface area contributed by atoms with Gasteiger partial charge in [-0.3, -0.25) is 0 Å². The summed E-state index contributed by atoms with van der Waals surface area (Å²) in [7, 11) is -1.88. The highest BCUT2D eigenvalue weighted by atomic mass is 32.2. The van der Waals surface area contributed by atoms with Crippen molar-refractivity contribution in [1.82, 2.24) is 15.4 Å². The van der Waals surface area contributed by atoms with Crippen LogP contribution in [0.4, 0.5) is 4.79 Å². The summed E-state index contributed by atoms with van der Waals surface area (Å²) >= 11 is 0. The normalized spacial score (nSPS) is 17.9. The molecular weight excluding hydrogens is 318 g/mol. The van der Waals surface area contributed by atoms with Gasteiger partial charge in [0.1, 0.15) is 0 Å². The fourth-order valence-corrected chi connectivity index (χ4v) is 3.08. The van der Waals surface area contributed by atoms with Crippen molar-refractivity contribution in [3.63, 3.8) is 0 Å². The molecule has 0 radical (unpaired) electrons. The molecule has 1 heterocycles. The van der Waals surface area contributed by atoms with Crippen LogP contribution < -0.4 is 15.4 Å². The minimum Gasteiger partial charge on any atom is -0.376 e. The smallest absolute Gasteiger partial charge is 0.315 e. The molecule has 1 aromatic rings. The molecule has 2 amide bonds. The van der Waals surface area contributed by atoms with E-state index in [1.54, 1.807) is 24.3 Å². The summed E-state index contributed by atoms with van der Waals surface area (Å²) in [6, 6.07) is 6.87. The molecule has 128 valence electrons. The monoisotopic (exact) mass is 341 g/mol. The average Bonchev–Trinajstić information content (AvgIpc) is 3.05. The highest BCUT2D eigenvalue weighted by Crippen LogP contribution is 2.10. The Hall–Kier alpha value is -1.64. The Balaban J connectivity index is 1.73. The van der Waals surface area contributed by atoms with E-state index in [0.717, 1.165) is 25.0 Å². The van der Waals surface area contributed by atoms with Gasteiger partial charge in [-0.1, -0.05) is 24.3 Å². The van der Waals surface area contributed by atoms with E-state index in [4.69, 9.17) is 4.74 Å². The van der Waals surface area contributed by atoms with Gasteiger partial charge in [-0.05, 0) is 31.0 Å². The quantitative estimate of drug-likeness (QED) is 0.681. The van der Waals surface area contributed by atoms with Gasteiger partial charge in [0.05, 0.1) is 11.9 Å². The molecule has 8 heteroatoms. The number of urea groups is 1. The van der Waals surface area contributed by atoms with Crippen LogP contribution in [0.3, 0.4) is 0 Å². The van der Waals surface area contributed by atoms with Gasteiger partial charge < -0.3 is 15.4 Å². The second-order valence-electron chi connectivity index (χ2n) is 5.48. The van der Waals surface area contributed by atoms with E-state index in [1.165, 1.54) is 7.05 Å². The maximum atomic E-state index is 11.7. The third kappa shape index (κ3) is 6.17. The Morgan fingerprint density at radius 3 is 2.52 bits per heavy atom. The first-order valence-corrected chi connectivity index (χ1v) is 9.26. The summed E-state index contributed by atoms with van der Waals surface area (Å²) in [6.07, 6.45) is 2.15. The van der Waals surface area contributed by atoms with Crippen molar-refractivity contribution in [3.05, 3.63) is 35.4 Å². The maximum absolute atomic E-state index is 11.7. The summed E-state index contributed by atoms with van der Waals surface area (Å²) < 4.78 is 30.6. The van der Waals surface area contributed by atoms with Crippen molar-refractivity contribution < 1.29 is 17.9 Å². The second-order valence-corrected chi connectivity index (χ2v) is 7.40. The summed E-state index contributed by atoms with van der Waals surface area (Å²) in [4.78, 5) is 11.7. The van der Waals surface area contributed by atoms with Crippen molar-refractivity contribution >= 4 is 16.1 Å². The van der Waals surface area contributed by atoms with Crippen molar-refractivity contribution in [2.24, 2.45) is 0 Å². The van der Waals surface area contributed by atoms with Gasteiger partial charge in [-0.25, -0.2) is 17.9 Å². The largest absolute Gasteiger partial charge is 0.376 e. The van der Waals surface area contributed by atoms with E-state index >= 15 is 0 Å². The number of hydrogen-bond acceptors (Lipinski definition) is 4. The van der Waals surface area contributed by atoms with Gasteiger partial charge in [0.2, 0.25) is 10.0 Å². The van der Waals surface area contributed by atoms with Crippen LogP contribution in [-0.4, -0.2) is 40.8 Å². The molecular formula is C15H23N3O4S. The van der Waals surface area contributed by atoms with Crippen LogP contribution in [-0.2, 0) is 27.1 Å². The van der Waals surface area contributed by atoms with Gasteiger partial charge in [0.15, 0.2) is 0 Å². The fraction of sp³-hybridized carbons (Fsp3) is 0.533. The number of sulfonamides is 1. The number of benzene rings is 1. The van der Waals surface area contributed by atoms with E-state index in [-0.39, 0.29) is 17.9 Å². The predicted octanol–water partition coefficient (Wildman–Crippen LogP) is 0.714. The van der Waals surface area contributed by atoms with E-state index in [9.17, 15) is 13.2 Å². The Bertz CT molecular complexity index is 610. The van der Waals surface area contributed by atoms with Gasteiger partial charge in [-0.15, -0.1) is 0 Å². The van der Waals surface area contributed by atoms with Crippen LogP contribution in [0.15, 0.2) is 24.3 Å². The first-order valence-electron chi connectivity index (χ1n) is 7.61. The van der Waals surface area contributed by atoms with Crippen LogP contribution in [0.5, 0.6) is 0 Å². The first-order chi connectivity index (χ1) is 11.0. The molecule has 1 aliphatic rings. The molecule has 3 N–H and O–H groups in total. The zero-order chi connectivity index (χ0) is 16.7. The lowest BCUT2D eigenvalue weighted by Crippen LogP contribution is -2.39. The molecule has 2 rings (SSSR count). The van der Waals surface area contributed by atoms with Gasteiger partial charge >= 0.3 is 6.03 Å². The van der Waals surface area contributed by atoms with Crippen LogP contribution in [0, 0.1) is 0 Å². The molecule has 1 atom stereocenters. The molecule has 1 aromatic carbocycles. The molecule has 1 aliphatic heterocycles. The average molecular weight is 341 g/mol. The Labute approximate surface area is 136 Å². The van der Waals surface area contributed by atoms with Crippen LogP contribution in [0.2, 0.25) is 0 Å². The van der Waals surface area contributed by atoms with Crippen molar-refractivity contribution in [2.45, 2.75) is 31.2 Å². The number of rotatable bonds is 7. The maximum Gasteiger partial charge on any atom is 0.315 e. The fourth-order valence-electron chi connectivity index (χ4n) is 2.30. The summed E-state index contributed by atoms with van der Waals surface area (Å²) in [5.41, 5.74) is 1.61. The molecule has 1 fully saturated rings. The van der Waals surface area contributed by atoms with E-state index < -0.39 is 10.0 Å². The number of amides is 2. The third-order valence-electron chi connectivity index (χ3n) is 3.66. The minimum atomic E-state index is -3.27.